The molecule has 0 aliphatic carbocycles. The Morgan fingerprint density at radius 1 is 0.545 bits per heavy atom. The molecule has 18 heteroatoms. The fraction of sp³-hybridized carbons (Fsp3) is 0. The van der Waals surface area contributed by atoms with Gasteiger partial charge in [0.15, 0.2) is 0 Å². The summed E-state index contributed by atoms with van der Waals surface area (Å²) < 4.78 is 0. The summed E-state index contributed by atoms with van der Waals surface area (Å²) in [5, 5.41) is 62.9. The van der Waals surface area contributed by atoms with Crippen molar-refractivity contribution in [2.24, 2.45) is 0 Å². The summed E-state index contributed by atoms with van der Waals surface area (Å²) in [6, 6.07) is 0. The van der Waals surface area contributed by atoms with E-state index in [1.54, 1.807) is 0 Å². The molecule has 0 aromatic heterocycles. The third-order valence-corrected chi connectivity index (χ3v) is 0.285. The fourth-order valence-corrected chi connectivity index (χ4v) is 0. The minimum atomic E-state index is -1.80. The SMILES string of the molecule is O=C(O)O[O-].O=C(O)O[O-].O=C(O)O[O-].O=C(O)O[O-].[Ce].[Zr+4]. The molecule has 0 bridgehead atoms. The van der Waals surface area contributed by atoms with Gasteiger partial charge in [0, 0.05) is 41.7 Å². The predicted octanol–water partition coefficient (Wildman–Crippen LogP) is -4.18. The van der Waals surface area contributed by atoms with E-state index in [9.17, 15) is 0 Å². The molecule has 0 heterocycles. The molecule has 4 N–H and O–H groups in total. The Bertz CT molecular complexity index is 223. The fourth-order valence-electron chi connectivity index (χ4n) is 0. The van der Waals surface area contributed by atoms with Gasteiger partial charge in [-0.15, -0.1) is 0 Å². The number of rotatable bonds is 0. The standard InChI is InChI=1S/4CH2O4.Ce.Zr/c4*2-1(3)5-4;;/h4*4H,(H,2,3);;/q;;;;;+4/p-4. The van der Waals surface area contributed by atoms with Crippen LogP contribution >= 0.6 is 0 Å². The second kappa shape index (κ2) is 32.2. The third kappa shape index (κ3) is 123. The van der Waals surface area contributed by atoms with Crippen LogP contribution in [-0.4, -0.2) is 45.0 Å². The van der Waals surface area contributed by atoms with Crippen molar-refractivity contribution in [2.45, 2.75) is 0 Å². The topological polar surface area (TPSA) is 278 Å². The minimum Gasteiger partial charge on any atom is -0.659 e. The maximum atomic E-state index is 8.83. The zero-order valence-electron chi connectivity index (χ0n) is 9.69. The summed E-state index contributed by atoms with van der Waals surface area (Å²) in [5.74, 6) is 0. The van der Waals surface area contributed by atoms with E-state index in [1.807, 2.05) is 0 Å². The summed E-state index contributed by atoms with van der Waals surface area (Å²) >= 11 is 0. The van der Waals surface area contributed by atoms with Crippen LogP contribution in [0.3, 0.4) is 0 Å². The molecule has 16 nitrogen and oxygen atoms in total. The number of carboxylic acid groups (broad SMARTS) is 4. The second-order valence-electron chi connectivity index (χ2n) is 1.40. The van der Waals surface area contributed by atoms with Gasteiger partial charge in [-0.2, -0.15) is 0 Å². The normalized spacial score (nSPS) is 6.00. The van der Waals surface area contributed by atoms with Gasteiger partial charge in [-0.3, -0.25) is 0 Å². The average molecular weight is 539 g/mol. The Morgan fingerprint density at radius 3 is 0.591 bits per heavy atom. The molecule has 0 aromatic carbocycles. The molecule has 0 unspecified atom stereocenters. The van der Waals surface area contributed by atoms with Crippen molar-refractivity contribution in [3.63, 3.8) is 0 Å². The zero-order valence-corrected chi connectivity index (χ0v) is 15.3. The maximum absolute atomic E-state index is 8.83. The van der Waals surface area contributed by atoms with Crippen LogP contribution in [0.15, 0.2) is 0 Å². The largest absolute Gasteiger partial charge is 4.00 e. The number of hydrogen-bond acceptors (Lipinski definition) is 12. The summed E-state index contributed by atoms with van der Waals surface area (Å²) in [4.78, 5) is 45.0. The Hall–Kier alpha value is -0.820. The van der Waals surface area contributed by atoms with Gasteiger partial charge in [-0.1, -0.05) is 0 Å². The minimum absolute atomic E-state index is 0. The van der Waals surface area contributed by atoms with Gasteiger partial charge in [0.05, 0.1) is 0 Å². The van der Waals surface area contributed by atoms with Crippen LogP contribution in [-0.2, 0) is 45.8 Å². The van der Waals surface area contributed by atoms with Crippen LogP contribution in [0.2, 0.25) is 0 Å². The second-order valence-corrected chi connectivity index (χ2v) is 1.40. The van der Waals surface area contributed by atoms with Gasteiger partial charge < -0.3 is 61.0 Å². The van der Waals surface area contributed by atoms with E-state index in [-0.39, 0.29) is 68.0 Å². The molecule has 0 saturated heterocycles. The van der Waals surface area contributed by atoms with Crippen LogP contribution in [0, 0.1) is 41.7 Å². The van der Waals surface area contributed by atoms with Crippen molar-refractivity contribution in [1.29, 1.82) is 0 Å². The van der Waals surface area contributed by atoms with Crippen molar-refractivity contribution < 1.29 is 148 Å². The monoisotopic (exact) mass is 538 g/mol. The summed E-state index contributed by atoms with van der Waals surface area (Å²) in [7, 11) is 0. The van der Waals surface area contributed by atoms with Crippen molar-refractivity contribution >= 4 is 24.6 Å². The summed E-state index contributed by atoms with van der Waals surface area (Å²) in [6.07, 6.45) is -7.20. The van der Waals surface area contributed by atoms with Crippen LogP contribution in [0.5, 0.6) is 0 Å². The molecule has 0 spiro atoms. The first kappa shape index (κ1) is 37.4. The molecular formula is C4H4CeO16Zr. The van der Waals surface area contributed by atoms with E-state index >= 15 is 0 Å². The van der Waals surface area contributed by atoms with E-state index in [1.165, 1.54) is 0 Å². The van der Waals surface area contributed by atoms with E-state index in [0.29, 0.717) is 0 Å². The van der Waals surface area contributed by atoms with Gasteiger partial charge in [-0.25, -0.2) is 19.2 Å². The average Bonchev–Trinajstić information content (AvgIpc) is 2.40. The molecule has 0 aliphatic rings. The van der Waals surface area contributed by atoms with Crippen molar-refractivity contribution in [1.82, 2.24) is 0 Å². The van der Waals surface area contributed by atoms with E-state index < -0.39 is 24.6 Å². The molecule has 0 aromatic rings. The quantitative estimate of drug-likeness (QED) is 0.168. The van der Waals surface area contributed by atoms with E-state index in [0.717, 1.165) is 0 Å². The molecule has 0 atom stereocenters. The van der Waals surface area contributed by atoms with Gasteiger partial charge >= 0.3 is 50.8 Å². The first-order valence-electron chi connectivity index (χ1n) is 3.19. The first-order chi connectivity index (χ1) is 9.08. The number of hydrogen-bond donors (Lipinski definition) is 4. The van der Waals surface area contributed by atoms with Gasteiger partial charge in [-0.05, 0) is 0 Å². The van der Waals surface area contributed by atoms with Crippen molar-refractivity contribution in [2.75, 3.05) is 0 Å². The molecule has 0 amide bonds. The van der Waals surface area contributed by atoms with Crippen molar-refractivity contribution in [3.05, 3.63) is 0 Å². The Morgan fingerprint density at radius 2 is 0.591 bits per heavy atom. The van der Waals surface area contributed by atoms with Gasteiger partial charge in [0.1, 0.15) is 0 Å². The molecular weight excluding hydrogens is 535 g/mol. The van der Waals surface area contributed by atoms with Crippen molar-refractivity contribution in [3.8, 4) is 0 Å². The smallest absolute Gasteiger partial charge is 0.659 e. The summed E-state index contributed by atoms with van der Waals surface area (Å²) in [5.41, 5.74) is 0. The molecule has 0 saturated carbocycles. The molecule has 0 rings (SSSR count). The molecule has 0 fully saturated rings. The van der Waals surface area contributed by atoms with Crippen LogP contribution in [0.4, 0.5) is 19.2 Å². The summed E-state index contributed by atoms with van der Waals surface area (Å²) in [6.45, 7) is 0. The van der Waals surface area contributed by atoms with Crippen LogP contribution in [0.25, 0.3) is 0 Å². The molecule has 22 heavy (non-hydrogen) atoms. The Balaban J connectivity index is -0.0000000376. The van der Waals surface area contributed by atoms with Gasteiger partial charge in [0.25, 0.3) is 0 Å². The zero-order chi connectivity index (χ0) is 17.1. The van der Waals surface area contributed by atoms with Crippen LogP contribution < -0.4 is 21.0 Å². The first-order valence-corrected chi connectivity index (χ1v) is 3.19. The third-order valence-electron chi connectivity index (χ3n) is 0.285. The Labute approximate surface area is 171 Å². The van der Waals surface area contributed by atoms with Gasteiger partial charge in [0.2, 0.25) is 0 Å². The van der Waals surface area contributed by atoms with Crippen LogP contribution in [0.1, 0.15) is 0 Å². The molecule has 0 radical (unpaired) electrons. The van der Waals surface area contributed by atoms with E-state index in [2.05, 4.69) is 19.6 Å². The molecule has 124 valence electrons. The molecule has 0 aliphatic heterocycles. The van der Waals surface area contributed by atoms with E-state index in [4.69, 9.17) is 60.6 Å². The predicted molar refractivity (Wildman–Crippen MR) is 36.4 cm³/mol. The Kier molecular flexibility index (Phi) is 54.8. The number of carbonyl (C=O) groups is 4. The maximum Gasteiger partial charge on any atom is 4.00 e.